The fourth-order valence-corrected chi connectivity index (χ4v) is 3.38. The smallest absolute Gasteiger partial charge is 0.187 e. The number of hydrogen-bond donors (Lipinski definition) is 0. The predicted molar refractivity (Wildman–Crippen MR) is 92.5 cm³/mol. The van der Waals surface area contributed by atoms with E-state index in [0.717, 1.165) is 24.9 Å². The van der Waals surface area contributed by atoms with Crippen LogP contribution in [-0.2, 0) is 16.9 Å². The molecular weight excluding hydrogens is 284 g/mol. The molecular formula is C20H22N2O. The fourth-order valence-electron chi connectivity index (χ4n) is 3.38. The van der Waals surface area contributed by atoms with E-state index in [4.69, 9.17) is 11.3 Å². The van der Waals surface area contributed by atoms with Crippen LogP contribution in [0.2, 0.25) is 0 Å². The first-order chi connectivity index (χ1) is 11.2. The molecule has 23 heavy (non-hydrogen) atoms. The lowest BCUT2D eigenvalue weighted by atomic mass is 9.82. The van der Waals surface area contributed by atoms with E-state index >= 15 is 0 Å². The predicted octanol–water partition coefficient (Wildman–Crippen LogP) is 4.35. The molecule has 3 heteroatoms. The number of fused-ring (bicyclic) bond motifs is 1. The summed E-state index contributed by atoms with van der Waals surface area (Å²) in [6.07, 6.45) is 2.01. The average Bonchev–Trinajstić information content (AvgIpc) is 2.94. The Morgan fingerprint density at radius 1 is 1.17 bits per heavy atom. The molecule has 1 aliphatic heterocycles. The Kier molecular flexibility index (Phi) is 4.47. The van der Waals surface area contributed by atoms with Crippen LogP contribution in [0.5, 0.6) is 0 Å². The third-order valence-corrected chi connectivity index (χ3v) is 4.50. The largest absolute Gasteiger partial charge is 0.361 e. The Balaban J connectivity index is 2.01. The number of rotatable bonds is 5. The van der Waals surface area contributed by atoms with Crippen LogP contribution in [0.25, 0.3) is 4.85 Å². The van der Waals surface area contributed by atoms with Gasteiger partial charge in [0, 0.05) is 0 Å². The number of benzene rings is 2. The van der Waals surface area contributed by atoms with Crippen LogP contribution in [0, 0.1) is 6.57 Å². The Hall–Kier alpha value is -2.15. The molecule has 1 aliphatic rings. The first-order valence-electron chi connectivity index (χ1n) is 8.01. The Labute approximate surface area is 138 Å². The van der Waals surface area contributed by atoms with E-state index in [9.17, 15) is 0 Å². The third kappa shape index (κ3) is 3.01. The van der Waals surface area contributed by atoms with E-state index in [1.54, 1.807) is 0 Å². The van der Waals surface area contributed by atoms with E-state index in [1.165, 1.54) is 11.1 Å². The maximum absolute atomic E-state index is 7.21. The number of nitrogens with zero attached hydrogens (tertiary/aromatic N) is 2. The van der Waals surface area contributed by atoms with Gasteiger partial charge in [-0.15, -0.1) is 0 Å². The highest BCUT2D eigenvalue weighted by molar-refractivity contribution is 5.54. The van der Waals surface area contributed by atoms with Gasteiger partial charge in [-0.2, -0.15) is 0 Å². The second kappa shape index (κ2) is 6.54. The Morgan fingerprint density at radius 3 is 2.65 bits per heavy atom. The average molecular weight is 306 g/mol. The standard InChI is InChI=1S/C20H22N2O/c1-21-18-10-11-19-16(14-18)15-23-20(19,12-7-13-22(2)3)17-8-5-4-6-9-17/h4-6,8-11,14H,7,12-13,15H2,2-3H3. The van der Waals surface area contributed by atoms with Crippen molar-refractivity contribution in [2.75, 3.05) is 20.6 Å². The quantitative estimate of drug-likeness (QED) is 0.764. The molecule has 3 rings (SSSR count). The van der Waals surface area contributed by atoms with Crippen LogP contribution >= 0.6 is 0 Å². The van der Waals surface area contributed by atoms with Gasteiger partial charge in [-0.1, -0.05) is 48.5 Å². The second-order valence-electron chi connectivity index (χ2n) is 6.34. The molecule has 2 aromatic rings. The highest BCUT2D eigenvalue weighted by Gasteiger charge is 2.41. The molecule has 1 unspecified atom stereocenters. The zero-order chi connectivity index (χ0) is 16.3. The van der Waals surface area contributed by atoms with E-state index in [-0.39, 0.29) is 5.60 Å². The molecule has 1 atom stereocenters. The highest BCUT2D eigenvalue weighted by Crippen LogP contribution is 2.46. The maximum atomic E-state index is 7.21. The van der Waals surface area contributed by atoms with Gasteiger partial charge in [0.15, 0.2) is 5.69 Å². The highest BCUT2D eigenvalue weighted by atomic mass is 16.5. The van der Waals surface area contributed by atoms with Crippen LogP contribution in [0.15, 0.2) is 48.5 Å². The molecule has 0 bridgehead atoms. The molecule has 0 radical (unpaired) electrons. The zero-order valence-electron chi connectivity index (χ0n) is 13.7. The van der Waals surface area contributed by atoms with E-state index in [1.807, 2.05) is 18.2 Å². The third-order valence-electron chi connectivity index (χ3n) is 4.50. The molecule has 2 aromatic carbocycles. The number of hydrogen-bond acceptors (Lipinski definition) is 2. The maximum Gasteiger partial charge on any atom is 0.187 e. The van der Waals surface area contributed by atoms with Crippen LogP contribution in [0.4, 0.5) is 5.69 Å². The van der Waals surface area contributed by atoms with Crippen molar-refractivity contribution in [3.05, 3.63) is 76.6 Å². The van der Waals surface area contributed by atoms with Gasteiger partial charge in [0.05, 0.1) is 13.2 Å². The molecule has 0 saturated carbocycles. The molecule has 0 fully saturated rings. The summed E-state index contributed by atoms with van der Waals surface area (Å²) in [6.45, 7) is 8.82. The monoisotopic (exact) mass is 306 g/mol. The topological polar surface area (TPSA) is 16.8 Å². The lowest BCUT2D eigenvalue weighted by Gasteiger charge is -2.31. The molecule has 0 aromatic heterocycles. The summed E-state index contributed by atoms with van der Waals surface area (Å²) >= 11 is 0. The van der Waals surface area contributed by atoms with Crippen molar-refractivity contribution in [1.82, 2.24) is 4.90 Å². The lowest BCUT2D eigenvalue weighted by molar-refractivity contribution is -0.0139. The van der Waals surface area contributed by atoms with Crippen LogP contribution in [-0.4, -0.2) is 25.5 Å². The minimum Gasteiger partial charge on any atom is -0.361 e. The van der Waals surface area contributed by atoms with Gasteiger partial charge in [0.25, 0.3) is 0 Å². The van der Waals surface area contributed by atoms with Gasteiger partial charge in [-0.25, -0.2) is 4.85 Å². The van der Waals surface area contributed by atoms with Gasteiger partial charge >= 0.3 is 0 Å². The van der Waals surface area contributed by atoms with Gasteiger partial charge in [-0.05, 0) is 50.2 Å². The molecule has 118 valence electrons. The summed E-state index contributed by atoms with van der Waals surface area (Å²) < 4.78 is 6.36. The van der Waals surface area contributed by atoms with Crippen LogP contribution in [0.3, 0.4) is 0 Å². The first kappa shape index (κ1) is 15.7. The minimum absolute atomic E-state index is 0.382. The van der Waals surface area contributed by atoms with Crippen LogP contribution < -0.4 is 0 Å². The summed E-state index contributed by atoms with van der Waals surface area (Å²) in [5, 5.41) is 0. The van der Waals surface area contributed by atoms with Gasteiger partial charge < -0.3 is 9.64 Å². The summed E-state index contributed by atoms with van der Waals surface area (Å²) in [4.78, 5) is 5.75. The molecule has 0 aliphatic carbocycles. The van der Waals surface area contributed by atoms with E-state index in [2.05, 4.69) is 54.2 Å². The Morgan fingerprint density at radius 2 is 1.96 bits per heavy atom. The number of ether oxygens (including phenoxy) is 1. The zero-order valence-corrected chi connectivity index (χ0v) is 13.7. The molecule has 0 spiro atoms. The van der Waals surface area contributed by atoms with Gasteiger partial charge in [0.1, 0.15) is 5.60 Å². The molecule has 0 N–H and O–H groups in total. The molecule has 3 nitrogen and oxygen atoms in total. The van der Waals surface area contributed by atoms with E-state index in [0.29, 0.717) is 12.3 Å². The van der Waals surface area contributed by atoms with Crippen LogP contribution in [0.1, 0.15) is 29.5 Å². The van der Waals surface area contributed by atoms with Crippen molar-refractivity contribution in [2.45, 2.75) is 25.0 Å². The van der Waals surface area contributed by atoms with Gasteiger partial charge in [-0.3, -0.25) is 0 Å². The minimum atomic E-state index is -0.382. The van der Waals surface area contributed by atoms with E-state index < -0.39 is 0 Å². The van der Waals surface area contributed by atoms with Gasteiger partial charge in [0.2, 0.25) is 0 Å². The Bertz CT molecular complexity index is 718. The second-order valence-corrected chi connectivity index (χ2v) is 6.34. The van der Waals surface area contributed by atoms with Crippen molar-refractivity contribution in [3.8, 4) is 0 Å². The molecule has 0 saturated heterocycles. The SMILES string of the molecule is [C-]#[N+]c1ccc2c(c1)COC2(CCCN(C)C)c1ccccc1. The normalized spacial score (nSPS) is 19.6. The van der Waals surface area contributed by atoms with Crippen molar-refractivity contribution in [1.29, 1.82) is 0 Å². The molecule has 1 heterocycles. The summed E-state index contributed by atoms with van der Waals surface area (Å²) in [6, 6.07) is 16.4. The fraction of sp³-hybridized carbons (Fsp3) is 0.350. The van der Waals surface area contributed by atoms with Crippen molar-refractivity contribution in [2.24, 2.45) is 0 Å². The summed E-state index contributed by atoms with van der Waals surface area (Å²) in [5.41, 5.74) is 3.87. The van der Waals surface area contributed by atoms with Crippen molar-refractivity contribution in [3.63, 3.8) is 0 Å². The molecule has 0 amide bonds. The summed E-state index contributed by atoms with van der Waals surface area (Å²) in [7, 11) is 4.20. The lowest BCUT2D eigenvalue weighted by Crippen LogP contribution is -2.28. The van der Waals surface area contributed by atoms with Crippen molar-refractivity contribution >= 4 is 5.69 Å². The summed E-state index contributed by atoms with van der Waals surface area (Å²) in [5.74, 6) is 0. The van der Waals surface area contributed by atoms with Crippen molar-refractivity contribution < 1.29 is 4.74 Å². The first-order valence-corrected chi connectivity index (χ1v) is 8.01.